The molecule has 1 amide bonds. The van der Waals surface area contributed by atoms with Gasteiger partial charge in [0, 0.05) is 30.3 Å². The van der Waals surface area contributed by atoms with Crippen LogP contribution in [0.4, 0.5) is 0 Å². The van der Waals surface area contributed by atoms with Crippen molar-refractivity contribution in [1.29, 1.82) is 0 Å². The largest absolute Gasteiger partial charge is 0.455 e. The number of nitrogens with zero attached hydrogens (tertiary/aromatic N) is 1. The van der Waals surface area contributed by atoms with Crippen molar-refractivity contribution in [3.05, 3.63) is 17.6 Å². The Hall–Kier alpha value is -1.01. The van der Waals surface area contributed by atoms with E-state index in [2.05, 4.69) is 0 Å². The molecule has 1 saturated carbocycles. The Morgan fingerprint density at radius 3 is 2.61 bits per heavy atom. The molecule has 1 aromatic heterocycles. The third-order valence-electron chi connectivity index (χ3n) is 2.92. The molecule has 1 aliphatic carbocycles. The minimum Gasteiger partial charge on any atom is -0.455 e. The van der Waals surface area contributed by atoms with Crippen LogP contribution in [0.25, 0.3) is 0 Å². The fraction of sp³-hybridized carbons (Fsp3) is 0.545. The molecule has 0 N–H and O–H groups in total. The average Bonchev–Trinajstić information content (AvgIpc) is 2.96. The maximum atomic E-state index is 12.0. The van der Waals surface area contributed by atoms with Gasteiger partial charge in [-0.05, 0) is 25.7 Å². The molecule has 7 heteroatoms. The summed E-state index contributed by atoms with van der Waals surface area (Å²) in [4.78, 5) is 13.4. The van der Waals surface area contributed by atoms with E-state index in [0.717, 1.165) is 12.8 Å². The molecule has 100 valence electrons. The fourth-order valence-corrected chi connectivity index (χ4v) is 2.86. The third kappa shape index (κ3) is 2.87. The van der Waals surface area contributed by atoms with E-state index in [-0.39, 0.29) is 22.3 Å². The number of furan rings is 1. The molecule has 0 bridgehead atoms. The first-order chi connectivity index (χ1) is 8.29. The number of carbonyl (C=O) groups is 1. The zero-order valence-electron chi connectivity index (χ0n) is 10.1. The summed E-state index contributed by atoms with van der Waals surface area (Å²) in [5, 5.41) is 0. The maximum Gasteiger partial charge on any atom is 0.289 e. The van der Waals surface area contributed by atoms with Gasteiger partial charge in [0.05, 0.1) is 0 Å². The molecule has 1 fully saturated rings. The highest BCUT2D eigenvalue weighted by Crippen LogP contribution is 2.30. The van der Waals surface area contributed by atoms with Gasteiger partial charge in [0.2, 0.25) is 0 Å². The summed E-state index contributed by atoms with van der Waals surface area (Å²) < 4.78 is 27.6. The average molecular weight is 292 g/mol. The minimum absolute atomic E-state index is 0.00914. The predicted molar refractivity (Wildman–Crippen MR) is 66.2 cm³/mol. The zero-order chi connectivity index (χ0) is 13.5. The van der Waals surface area contributed by atoms with Crippen LogP contribution in [-0.4, -0.2) is 32.8 Å². The van der Waals surface area contributed by atoms with Gasteiger partial charge in [-0.25, -0.2) is 8.42 Å². The molecule has 0 unspecified atom stereocenters. The molecular formula is C11H14ClNO4S. The van der Waals surface area contributed by atoms with Crippen molar-refractivity contribution in [3.63, 3.8) is 0 Å². The molecular weight excluding hydrogens is 278 g/mol. The van der Waals surface area contributed by atoms with Crippen LogP contribution in [0.2, 0.25) is 0 Å². The summed E-state index contributed by atoms with van der Waals surface area (Å²) in [6.45, 7) is 2.13. The monoisotopic (exact) mass is 291 g/mol. The lowest BCUT2D eigenvalue weighted by molar-refractivity contribution is 0.0756. The summed E-state index contributed by atoms with van der Waals surface area (Å²) in [5.74, 6) is 0.380. The van der Waals surface area contributed by atoms with Crippen molar-refractivity contribution >= 4 is 25.6 Å². The van der Waals surface area contributed by atoms with Crippen LogP contribution >= 0.6 is 10.7 Å². The van der Waals surface area contributed by atoms with Crippen molar-refractivity contribution in [2.24, 2.45) is 5.92 Å². The van der Waals surface area contributed by atoms with Crippen LogP contribution in [-0.2, 0) is 9.05 Å². The zero-order valence-corrected chi connectivity index (χ0v) is 11.7. The normalized spacial score (nSPS) is 15.7. The van der Waals surface area contributed by atoms with Gasteiger partial charge in [0.1, 0.15) is 10.7 Å². The van der Waals surface area contributed by atoms with E-state index >= 15 is 0 Å². The number of aryl methyl sites for hydroxylation is 1. The molecule has 0 saturated heterocycles. The smallest absolute Gasteiger partial charge is 0.289 e. The number of halogens is 1. The summed E-state index contributed by atoms with van der Waals surface area (Å²) in [6, 6.07) is 1.18. The van der Waals surface area contributed by atoms with E-state index in [9.17, 15) is 13.2 Å². The number of hydrogen-bond donors (Lipinski definition) is 0. The van der Waals surface area contributed by atoms with Crippen LogP contribution in [0.3, 0.4) is 0 Å². The summed E-state index contributed by atoms with van der Waals surface area (Å²) in [7, 11) is 3.04. The van der Waals surface area contributed by atoms with Gasteiger partial charge in [0.25, 0.3) is 15.0 Å². The fourth-order valence-electron chi connectivity index (χ4n) is 1.77. The first-order valence-electron chi connectivity index (χ1n) is 5.59. The summed E-state index contributed by atoms with van der Waals surface area (Å²) in [6.07, 6.45) is 2.27. The van der Waals surface area contributed by atoms with Crippen LogP contribution in [0, 0.1) is 12.8 Å². The van der Waals surface area contributed by atoms with Crippen molar-refractivity contribution in [2.45, 2.75) is 24.7 Å². The maximum absolute atomic E-state index is 12.0. The molecule has 0 atom stereocenters. The van der Waals surface area contributed by atoms with E-state index < -0.39 is 9.05 Å². The number of amides is 1. The Bertz CT molecular complexity index is 574. The van der Waals surface area contributed by atoms with E-state index in [4.69, 9.17) is 15.1 Å². The topological polar surface area (TPSA) is 67.6 Å². The highest BCUT2D eigenvalue weighted by Gasteiger charge is 2.28. The standard InChI is InChI=1S/C11H14ClNO4S/c1-7-10(18(12,15)16)5-9(17-7)11(14)13(2)6-8-3-4-8/h5,8H,3-4,6H2,1-2H3. The predicted octanol–water partition coefficient (Wildman–Crippen LogP) is 2.00. The summed E-state index contributed by atoms with van der Waals surface area (Å²) in [5.41, 5.74) is 0. The second kappa shape index (κ2) is 4.59. The highest BCUT2D eigenvalue weighted by atomic mass is 35.7. The Morgan fingerprint density at radius 1 is 1.56 bits per heavy atom. The lowest BCUT2D eigenvalue weighted by atomic mass is 10.3. The van der Waals surface area contributed by atoms with Crippen LogP contribution in [0.15, 0.2) is 15.4 Å². The molecule has 5 nitrogen and oxygen atoms in total. The molecule has 1 aliphatic rings. The Morgan fingerprint density at radius 2 is 2.17 bits per heavy atom. The van der Waals surface area contributed by atoms with Gasteiger partial charge in [-0.3, -0.25) is 4.79 Å². The molecule has 2 rings (SSSR count). The summed E-state index contributed by atoms with van der Waals surface area (Å²) >= 11 is 0. The number of carbonyl (C=O) groups excluding carboxylic acids is 1. The lowest BCUT2D eigenvalue weighted by Crippen LogP contribution is -2.28. The molecule has 1 heterocycles. The van der Waals surface area contributed by atoms with Crippen molar-refractivity contribution in [2.75, 3.05) is 13.6 Å². The SMILES string of the molecule is Cc1oc(C(=O)N(C)CC2CC2)cc1S(=O)(=O)Cl. The van der Waals surface area contributed by atoms with Crippen molar-refractivity contribution in [3.8, 4) is 0 Å². The third-order valence-corrected chi connectivity index (χ3v) is 4.35. The Labute approximate surface area is 110 Å². The van der Waals surface area contributed by atoms with Gasteiger partial charge >= 0.3 is 0 Å². The van der Waals surface area contributed by atoms with Gasteiger partial charge in [0.15, 0.2) is 5.76 Å². The van der Waals surface area contributed by atoms with Crippen LogP contribution < -0.4 is 0 Å². The van der Waals surface area contributed by atoms with E-state index in [1.54, 1.807) is 11.9 Å². The van der Waals surface area contributed by atoms with E-state index in [0.29, 0.717) is 12.5 Å². The molecule has 0 aromatic carbocycles. The van der Waals surface area contributed by atoms with Gasteiger partial charge < -0.3 is 9.32 Å². The lowest BCUT2D eigenvalue weighted by Gasteiger charge is -2.14. The number of hydrogen-bond acceptors (Lipinski definition) is 4. The number of rotatable bonds is 4. The highest BCUT2D eigenvalue weighted by molar-refractivity contribution is 8.13. The minimum atomic E-state index is -3.87. The molecule has 0 radical (unpaired) electrons. The second-order valence-corrected chi connectivity index (χ2v) is 7.13. The van der Waals surface area contributed by atoms with E-state index in [1.807, 2.05) is 0 Å². The Balaban J connectivity index is 2.20. The first-order valence-corrected chi connectivity index (χ1v) is 7.90. The van der Waals surface area contributed by atoms with Crippen LogP contribution in [0.5, 0.6) is 0 Å². The van der Waals surface area contributed by atoms with Gasteiger partial charge in [-0.2, -0.15) is 0 Å². The van der Waals surface area contributed by atoms with Crippen molar-refractivity contribution in [1.82, 2.24) is 4.90 Å². The molecule has 0 aliphatic heterocycles. The molecule has 1 aromatic rings. The molecule has 0 spiro atoms. The molecule has 18 heavy (non-hydrogen) atoms. The van der Waals surface area contributed by atoms with Gasteiger partial charge in [-0.15, -0.1) is 0 Å². The van der Waals surface area contributed by atoms with Crippen molar-refractivity contribution < 1.29 is 17.6 Å². The second-order valence-electron chi connectivity index (χ2n) is 4.60. The first kappa shape index (κ1) is 13.4. The van der Waals surface area contributed by atoms with Crippen LogP contribution in [0.1, 0.15) is 29.2 Å². The Kier molecular flexibility index (Phi) is 3.42. The quantitative estimate of drug-likeness (QED) is 0.796. The van der Waals surface area contributed by atoms with E-state index in [1.165, 1.54) is 13.0 Å². The van der Waals surface area contributed by atoms with Gasteiger partial charge in [-0.1, -0.05) is 0 Å².